The van der Waals surface area contributed by atoms with Crippen LogP contribution in [0.1, 0.15) is 16.8 Å². The Hall–Kier alpha value is -1.91. The Morgan fingerprint density at radius 1 is 1.50 bits per heavy atom. The summed E-state index contributed by atoms with van der Waals surface area (Å²) in [5, 5.41) is 0. The molecule has 1 rings (SSSR count). The van der Waals surface area contributed by atoms with Crippen molar-refractivity contribution in [1.82, 2.24) is 0 Å². The summed E-state index contributed by atoms with van der Waals surface area (Å²) in [6, 6.07) is 4.02. The molecule has 0 saturated heterocycles. The maximum atomic E-state index is 13.2. The van der Waals surface area contributed by atoms with E-state index in [1.165, 1.54) is 25.3 Å². The molecule has 1 aromatic rings. The van der Waals surface area contributed by atoms with Gasteiger partial charge in [-0.25, -0.2) is 4.39 Å². The molecule has 5 heteroatoms. The number of halogens is 1. The monoisotopic (exact) mass is 226 g/mol. The van der Waals surface area contributed by atoms with Gasteiger partial charge in [-0.05, 0) is 12.1 Å². The lowest BCUT2D eigenvalue weighted by Gasteiger charge is -2.08. The van der Waals surface area contributed by atoms with Crippen LogP contribution in [0.3, 0.4) is 0 Å². The van der Waals surface area contributed by atoms with Crippen molar-refractivity contribution in [2.24, 2.45) is 0 Å². The molecule has 0 amide bonds. The summed E-state index contributed by atoms with van der Waals surface area (Å²) in [6.45, 7) is -0.0333. The van der Waals surface area contributed by atoms with E-state index in [0.29, 0.717) is 6.29 Å². The summed E-state index contributed by atoms with van der Waals surface area (Å²) in [7, 11) is 1.25. The molecule has 4 nitrogen and oxygen atoms in total. The van der Waals surface area contributed by atoms with Crippen molar-refractivity contribution in [3.8, 4) is 5.75 Å². The lowest BCUT2D eigenvalue weighted by Crippen LogP contribution is -2.09. The fraction of sp³-hybridized carbons (Fsp3) is 0.273. The SMILES string of the molecule is COC(=O)CCOc1c(F)cccc1C=O. The number of methoxy groups -OCH3 is 1. The third-order valence-corrected chi connectivity index (χ3v) is 1.90. The van der Waals surface area contributed by atoms with Crippen LogP contribution in [0.4, 0.5) is 4.39 Å². The molecule has 1 aromatic carbocycles. The summed E-state index contributed by atoms with van der Waals surface area (Å²) >= 11 is 0. The van der Waals surface area contributed by atoms with E-state index in [4.69, 9.17) is 4.74 Å². The fourth-order valence-corrected chi connectivity index (χ4v) is 1.11. The van der Waals surface area contributed by atoms with Crippen molar-refractivity contribution in [3.05, 3.63) is 29.6 Å². The summed E-state index contributed by atoms with van der Waals surface area (Å²) < 4.78 is 22.7. The number of benzene rings is 1. The Kier molecular flexibility index (Phi) is 4.44. The van der Waals surface area contributed by atoms with Gasteiger partial charge in [0.25, 0.3) is 0 Å². The number of carbonyl (C=O) groups is 2. The zero-order valence-electron chi connectivity index (χ0n) is 8.73. The summed E-state index contributed by atoms with van der Waals surface area (Å²) in [5.41, 5.74) is 0.116. The number of rotatable bonds is 5. The molecule has 0 spiro atoms. The number of para-hydroxylation sites is 1. The Balaban J connectivity index is 2.65. The Morgan fingerprint density at radius 2 is 2.25 bits per heavy atom. The van der Waals surface area contributed by atoms with Crippen LogP contribution in [0, 0.1) is 5.82 Å². The van der Waals surface area contributed by atoms with Crippen LogP contribution >= 0.6 is 0 Å². The molecule has 0 fully saturated rings. The van der Waals surface area contributed by atoms with Gasteiger partial charge in [0.15, 0.2) is 17.9 Å². The first kappa shape index (κ1) is 12.2. The maximum absolute atomic E-state index is 13.2. The number of esters is 1. The normalized spacial score (nSPS) is 9.62. The van der Waals surface area contributed by atoms with Crippen LogP contribution in [0.15, 0.2) is 18.2 Å². The van der Waals surface area contributed by atoms with Crippen molar-refractivity contribution < 1.29 is 23.5 Å². The Bertz CT molecular complexity index is 390. The molecule has 0 aliphatic heterocycles. The standard InChI is InChI=1S/C11H11FO4/c1-15-10(14)5-6-16-11-8(7-13)3-2-4-9(11)12/h2-4,7H,5-6H2,1H3. The molecule has 86 valence electrons. The molecule has 0 radical (unpaired) electrons. The molecular formula is C11H11FO4. The van der Waals surface area contributed by atoms with Crippen molar-refractivity contribution in [1.29, 1.82) is 0 Å². The Morgan fingerprint density at radius 3 is 2.88 bits per heavy atom. The summed E-state index contributed by atoms with van der Waals surface area (Å²) in [5.74, 6) is -1.22. The number of aldehydes is 1. The first-order valence-electron chi connectivity index (χ1n) is 4.62. The largest absolute Gasteiger partial charge is 0.489 e. The first-order valence-corrected chi connectivity index (χ1v) is 4.62. The minimum absolute atomic E-state index is 0.00311. The van der Waals surface area contributed by atoms with Crippen molar-refractivity contribution in [3.63, 3.8) is 0 Å². The van der Waals surface area contributed by atoms with Gasteiger partial charge in [0, 0.05) is 0 Å². The summed E-state index contributed by atoms with van der Waals surface area (Å²) in [4.78, 5) is 21.4. The third kappa shape index (κ3) is 3.05. The minimum Gasteiger partial charge on any atom is -0.489 e. The average Bonchev–Trinajstić information content (AvgIpc) is 2.30. The van der Waals surface area contributed by atoms with Crippen molar-refractivity contribution in [2.45, 2.75) is 6.42 Å². The van der Waals surface area contributed by atoms with Crippen LogP contribution in [-0.2, 0) is 9.53 Å². The highest BCUT2D eigenvalue weighted by Gasteiger charge is 2.10. The molecule has 0 aliphatic rings. The molecule has 0 unspecified atom stereocenters. The zero-order valence-corrected chi connectivity index (χ0v) is 8.73. The van der Waals surface area contributed by atoms with E-state index in [1.54, 1.807) is 0 Å². The van der Waals surface area contributed by atoms with Gasteiger partial charge in [0.2, 0.25) is 0 Å². The van der Waals surface area contributed by atoms with Crippen LogP contribution in [0.25, 0.3) is 0 Å². The number of ether oxygens (including phenoxy) is 2. The molecule has 16 heavy (non-hydrogen) atoms. The highest BCUT2D eigenvalue weighted by molar-refractivity contribution is 5.79. The van der Waals surface area contributed by atoms with E-state index in [0.717, 1.165) is 0 Å². The van der Waals surface area contributed by atoms with Gasteiger partial charge in [-0.2, -0.15) is 0 Å². The molecule has 0 heterocycles. The van der Waals surface area contributed by atoms with Crippen LogP contribution in [-0.4, -0.2) is 26.0 Å². The lowest BCUT2D eigenvalue weighted by atomic mass is 10.2. The van der Waals surface area contributed by atoms with Gasteiger partial charge < -0.3 is 9.47 Å². The topological polar surface area (TPSA) is 52.6 Å². The molecule has 0 saturated carbocycles. The summed E-state index contributed by atoms with van der Waals surface area (Å²) in [6.07, 6.45) is 0.500. The molecule has 0 bridgehead atoms. The quantitative estimate of drug-likeness (QED) is 0.565. The van der Waals surface area contributed by atoms with Gasteiger partial charge in [0.05, 0.1) is 25.7 Å². The highest BCUT2D eigenvalue weighted by atomic mass is 19.1. The van der Waals surface area contributed by atoms with Crippen molar-refractivity contribution >= 4 is 12.3 Å². The Labute approximate surface area is 92.0 Å². The predicted octanol–water partition coefficient (Wildman–Crippen LogP) is 1.58. The smallest absolute Gasteiger partial charge is 0.308 e. The van der Waals surface area contributed by atoms with Crippen molar-refractivity contribution in [2.75, 3.05) is 13.7 Å². The van der Waals surface area contributed by atoms with Gasteiger partial charge in [-0.1, -0.05) is 6.07 Å². The van der Waals surface area contributed by atoms with E-state index >= 15 is 0 Å². The van der Waals surface area contributed by atoms with Gasteiger partial charge in [-0.3, -0.25) is 9.59 Å². The number of hydrogen-bond donors (Lipinski definition) is 0. The molecule has 0 atom stereocenters. The average molecular weight is 226 g/mol. The molecule has 0 N–H and O–H groups in total. The fourth-order valence-electron chi connectivity index (χ4n) is 1.11. The second kappa shape index (κ2) is 5.85. The lowest BCUT2D eigenvalue weighted by molar-refractivity contribution is -0.141. The number of hydrogen-bond acceptors (Lipinski definition) is 4. The second-order valence-electron chi connectivity index (χ2n) is 2.95. The second-order valence-corrected chi connectivity index (χ2v) is 2.95. The third-order valence-electron chi connectivity index (χ3n) is 1.90. The molecular weight excluding hydrogens is 215 g/mol. The molecule has 0 aromatic heterocycles. The van der Waals surface area contributed by atoms with E-state index in [1.807, 2.05) is 0 Å². The first-order chi connectivity index (χ1) is 7.69. The highest BCUT2D eigenvalue weighted by Crippen LogP contribution is 2.21. The van der Waals surface area contributed by atoms with E-state index < -0.39 is 11.8 Å². The number of carbonyl (C=O) groups excluding carboxylic acids is 2. The minimum atomic E-state index is -0.630. The van der Waals surface area contributed by atoms with Gasteiger partial charge >= 0.3 is 5.97 Å². The maximum Gasteiger partial charge on any atom is 0.308 e. The van der Waals surface area contributed by atoms with Gasteiger partial charge in [-0.15, -0.1) is 0 Å². The van der Waals surface area contributed by atoms with Gasteiger partial charge in [0.1, 0.15) is 0 Å². The van der Waals surface area contributed by atoms with E-state index in [-0.39, 0.29) is 24.3 Å². The zero-order chi connectivity index (χ0) is 12.0. The van der Waals surface area contributed by atoms with E-state index in [2.05, 4.69) is 4.74 Å². The van der Waals surface area contributed by atoms with Crippen LogP contribution < -0.4 is 4.74 Å². The van der Waals surface area contributed by atoms with Crippen LogP contribution in [0.5, 0.6) is 5.75 Å². The van der Waals surface area contributed by atoms with Crippen LogP contribution in [0.2, 0.25) is 0 Å². The van der Waals surface area contributed by atoms with E-state index in [9.17, 15) is 14.0 Å². The predicted molar refractivity (Wildman–Crippen MR) is 53.9 cm³/mol. The molecule has 0 aliphatic carbocycles.